The summed E-state index contributed by atoms with van der Waals surface area (Å²) in [5.41, 5.74) is 3.26. The summed E-state index contributed by atoms with van der Waals surface area (Å²) in [5, 5.41) is 10.3. The lowest BCUT2D eigenvalue weighted by molar-refractivity contribution is -0.400. The molecule has 0 saturated heterocycles. The maximum Gasteiger partial charge on any atom is 0.235 e. The molecular formula is C16H15NO4. The molecule has 0 spiro atoms. The summed E-state index contributed by atoms with van der Waals surface area (Å²) < 4.78 is 10.6. The third-order valence-corrected chi connectivity index (χ3v) is 2.29. The first-order valence-electron chi connectivity index (χ1n) is 6.01. The van der Waals surface area contributed by atoms with E-state index in [1.54, 1.807) is 42.5 Å². The van der Waals surface area contributed by atoms with Gasteiger partial charge in [0, 0.05) is 6.08 Å². The molecule has 0 unspecified atom stereocenters. The smallest absolute Gasteiger partial charge is 0.235 e. The van der Waals surface area contributed by atoms with Crippen LogP contribution in [0.3, 0.4) is 0 Å². The maximum absolute atomic E-state index is 10.3. The molecule has 108 valence electrons. The van der Waals surface area contributed by atoms with Gasteiger partial charge in [0.25, 0.3) is 0 Å². The highest BCUT2D eigenvalue weighted by Crippen LogP contribution is 2.28. The van der Waals surface area contributed by atoms with Crippen LogP contribution in [0, 0.1) is 10.1 Å². The molecule has 0 bridgehead atoms. The molecule has 0 aliphatic heterocycles. The Hall–Kier alpha value is -3.04. The van der Waals surface area contributed by atoms with E-state index in [2.05, 4.69) is 12.3 Å². The van der Waals surface area contributed by atoms with Crippen molar-refractivity contribution in [1.29, 1.82) is 0 Å². The standard InChI is InChI=1S/C16H15NO4/c1-3-4-5-6-7-12-21-15-9-8-14(10-11-17(18)19)13-16(15)20-2/h4-13H,1H2,2H3/b6-5+,11-10+,12-7+. The zero-order valence-electron chi connectivity index (χ0n) is 11.6. The van der Waals surface area contributed by atoms with E-state index in [4.69, 9.17) is 9.47 Å². The lowest BCUT2D eigenvalue weighted by Gasteiger charge is -2.07. The van der Waals surface area contributed by atoms with Gasteiger partial charge in [-0.2, -0.15) is 0 Å². The predicted octanol–water partition coefficient (Wildman–Crippen LogP) is 3.73. The highest BCUT2D eigenvalue weighted by Gasteiger charge is 2.04. The molecule has 1 aromatic rings. The molecular weight excluding hydrogens is 270 g/mol. The fourth-order valence-electron chi connectivity index (χ4n) is 1.38. The fourth-order valence-corrected chi connectivity index (χ4v) is 1.38. The highest BCUT2D eigenvalue weighted by atomic mass is 16.6. The SMILES string of the molecule is C=C=C/C=C/C=C/Oc1ccc(/C=C/[N+](=O)[O-])cc1OC. The number of allylic oxidation sites excluding steroid dienone is 4. The normalized spacial score (nSPS) is 10.9. The van der Waals surface area contributed by atoms with E-state index >= 15 is 0 Å². The van der Waals surface area contributed by atoms with Gasteiger partial charge in [0.1, 0.15) is 0 Å². The summed E-state index contributed by atoms with van der Waals surface area (Å²) >= 11 is 0. The van der Waals surface area contributed by atoms with Crippen molar-refractivity contribution in [2.45, 2.75) is 0 Å². The van der Waals surface area contributed by atoms with E-state index in [1.807, 2.05) is 0 Å². The number of hydrogen-bond acceptors (Lipinski definition) is 4. The van der Waals surface area contributed by atoms with Crippen LogP contribution in [0.1, 0.15) is 5.56 Å². The zero-order chi connectivity index (χ0) is 15.5. The molecule has 0 aliphatic rings. The minimum absolute atomic E-state index is 0.486. The number of ether oxygens (including phenoxy) is 2. The Morgan fingerprint density at radius 2 is 2.10 bits per heavy atom. The van der Waals surface area contributed by atoms with Crippen LogP contribution in [-0.2, 0) is 0 Å². The molecule has 1 rings (SSSR count). The molecule has 1 aromatic carbocycles. The molecule has 0 fully saturated rings. The van der Waals surface area contributed by atoms with Gasteiger partial charge in [-0.1, -0.05) is 24.8 Å². The number of nitro groups is 1. The van der Waals surface area contributed by atoms with Gasteiger partial charge in [0.05, 0.1) is 18.3 Å². The predicted molar refractivity (Wildman–Crippen MR) is 81.6 cm³/mol. The second-order valence-electron chi connectivity index (χ2n) is 3.71. The minimum Gasteiger partial charge on any atom is -0.493 e. The lowest BCUT2D eigenvalue weighted by atomic mass is 10.2. The first-order chi connectivity index (χ1) is 10.2. The highest BCUT2D eigenvalue weighted by molar-refractivity contribution is 5.55. The first kappa shape index (κ1) is 16.0. The van der Waals surface area contributed by atoms with Crippen molar-refractivity contribution in [3.05, 3.63) is 83.0 Å². The quantitative estimate of drug-likeness (QED) is 0.252. The second kappa shape index (κ2) is 8.96. The van der Waals surface area contributed by atoms with E-state index in [0.29, 0.717) is 17.1 Å². The van der Waals surface area contributed by atoms with Crippen LogP contribution in [0.25, 0.3) is 6.08 Å². The van der Waals surface area contributed by atoms with Crippen LogP contribution >= 0.6 is 0 Å². The van der Waals surface area contributed by atoms with Gasteiger partial charge >= 0.3 is 0 Å². The molecule has 0 amide bonds. The average molecular weight is 285 g/mol. The largest absolute Gasteiger partial charge is 0.493 e. The van der Waals surface area contributed by atoms with Crippen molar-refractivity contribution in [2.24, 2.45) is 0 Å². The topological polar surface area (TPSA) is 61.6 Å². The molecule has 0 aliphatic carbocycles. The number of methoxy groups -OCH3 is 1. The van der Waals surface area contributed by atoms with E-state index in [9.17, 15) is 10.1 Å². The van der Waals surface area contributed by atoms with E-state index < -0.39 is 4.92 Å². The van der Waals surface area contributed by atoms with Crippen LogP contribution in [0.5, 0.6) is 11.5 Å². The molecule has 0 radical (unpaired) electrons. The maximum atomic E-state index is 10.3. The van der Waals surface area contributed by atoms with Gasteiger partial charge in [0.2, 0.25) is 6.20 Å². The summed E-state index contributed by atoms with van der Waals surface area (Å²) in [7, 11) is 1.50. The summed E-state index contributed by atoms with van der Waals surface area (Å²) in [6.07, 6.45) is 10.6. The van der Waals surface area contributed by atoms with E-state index in [-0.39, 0.29) is 0 Å². The van der Waals surface area contributed by atoms with Crippen molar-refractivity contribution < 1.29 is 14.4 Å². The fraction of sp³-hybridized carbons (Fsp3) is 0.0625. The van der Waals surface area contributed by atoms with Crippen LogP contribution in [-0.4, -0.2) is 12.0 Å². The summed E-state index contributed by atoms with van der Waals surface area (Å²) in [5.74, 6) is 1.000. The van der Waals surface area contributed by atoms with Crippen LogP contribution in [0.15, 0.2) is 67.3 Å². The Morgan fingerprint density at radius 1 is 1.29 bits per heavy atom. The average Bonchev–Trinajstić information content (AvgIpc) is 2.49. The van der Waals surface area contributed by atoms with Crippen LogP contribution < -0.4 is 9.47 Å². The zero-order valence-corrected chi connectivity index (χ0v) is 11.6. The molecule has 0 heterocycles. The van der Waals surface area contributed by atoms with Crippen molar-refractivity contribution in [3.63, 3.8) is 0 Å². The number of benzene rings is 1. The number of hydrogen-bond donors (Lipinski definition) is 0. The van der Waals surface area contributed by atoms with Gasteiger partial charge in [-0.15, -0.1) is 5.73 Å². The van der Waals surface area contributed by atoms with Crippen molar-refractivity contribution in [2.75, 3.05) is 7.11 Å². The number of rotatable bonds is 7. The van der Waals surface area contributed by atoms with Crippen molar-refractivity contribution >= 4 is 6.08 Å². The minimum atomic E-state index is -0.524. The van der Waals surface area contributed by atoms with E-state index in [1.165, 1.54) is 19.4 Å². The Kier molecular flexibility index (Phi) is 6.83. The Labute approximate surface area is 123 Å². The van der Waals surface area contributed by atoms with Crippen molar-refractivity contribution in [3.8, 4) is 11.5 Å². The summed E-state index contributed by atoms with van der Waals surface area (Å²) in [6, 6.07) is 5.03. The van der Waals surface area contributed by atoms with Crippen LogP contribution in [0.4, 0.5) is 0 Å². The Bertz CT molecular complexity index is 623. The molecule has 5 heteroatoms. The van der Waals surface area contributed by atoms with Crippen molar-refractivity contribution in [1.82, 2.24) is 0 Å². The van der Waals surface area contributed by atoms with Gasteiger partial charge in [0.15, 0.2) is 11.5 Å². The molecule has 21 heavy (non-hydrogen) atoms. The third kappa shape index (κ3) is 6.09. The molecule has 0 aromatic heterocycles. The number of nitrogens with zero attached hydrogens (tertiary/aromatic N) is 1. The summed E-state index contributed by atoms with van der Waals surface area (Å²) in [6.45, 7) is 3.43. The molecule has 5 nitrogen and oxygen atoms in total. The van der Waals surface area contributed by atoms with E-state index in [0.717, 1.165) is 6.20 Å². The molecule has 0 atom stereocenters. The first-order valence-corrected chi connectivity index (χ1v) is 6.01. The monoisotopic (exact) mass is 285 g/mol. The summed E-state index contributed by atoms with van der Waals surface area (Å²) in [4.78, 5) is 9.76. The third-order valence-electron chi connectivity index (χ3n) is 2.29. The van der Waals surface area contributed by atoms with Gasteiger partial charge in [-0.25, -0.2) is 0 Å². The van der Waals surface area contributed by atoms with Gasteiger partial charge in [-0.05, 0) is 29.8 Å². The lowest BCUT2D eigenvalue weighted by Crippen LogP contribution is -1.90. The molecule has 0 saturated carbocycles. The van der Waals surface area contributed by atoms with Gasteiger partial charge in [-0.3, -0.25) is 10.1 Å². The van der Waals surface area contributed by atoms with Gasteiger partial charge < -0.3 is 9.47 Å². The Balaban J connectivity index is 2.79. The second-order valence-corrected chi connectivity index (χ2v) is 3.71. The van der Waals surface area contributed by atoms with Crippen LogP contribution in [0.2, 0.25) is 0 Å². The Morgan fingerprint density at radius 3 is 2.76 bits per heavy atom. The molecule has 0 N–H and O–H groups in total.